The van der Waals surface area contributed by atoms with E-state index in [1.54, 1.807) is 6.07 Å². The van der Waals surface area contributed by atoms with Crippen molar-refractivity contribution >= 4 is 29.6 Å². The molecule has 0 rings (SSSR count). The summed E-state index contributed by atoms with van der Waals surface area (Å²) in [6.45, 7) is 1.45. The summed E-state index contributed by atoms with van der Waals surface area (Å²) in [5.41, 5.74) is 0. The fourth-order valence-electron chi connectivity index (χ4n) is 0.0934. The molecule has 0 amide bonds. The summed E-state index contributed by atoms with van der Waals surface area (Å²) in [7, 11) is 0. The van der Waals surface area contributed by atoms with Crippen LogP contribution in [0.3, 0.4) is 0 Å². The van der Waals surface area contributed by atoms with E-state index in [2.05, 4.69) is 0 Å². The Labute approximate surface area is 64.7 Å². The minimum absolute atomic E-state index is 0. The van der Waals surface area contributed by atoms with Crippen molar-refractivity contribution in [1.82, 2.24) is 0 Å². The van der Waals surface area contributed by atoms with Gasteiger partial charge >= 0.3 is 29.6 Å². The van der Waals surface area contributed by atoms with E-state index in [0.717, 1.165) is 6.08 Å². The Balaban J connectivity index is 0. The summed E-state index contributed by atoms with van der Waals surface area (Å²) < 4.78 is 0. The summed E-state index contributed by atoms with van der Waals surface area (Å²) in [5, 5.41) is 15.9. The molecule has 0 saturated carbocycles. The molecule has 7 heavy (non-hydrogen) atoms. The quantitative estimate of drug-likeness (QED) is 0.275. The van der Waals surface area contributed by atoms with Gasteiger partial charge in [0.2, 0.25) is 0 Å². The number of nitrogens with zero attached hydrogens (tertiary/aromatic N) is 1. The number of hydrogen-bond donors (Lipinski definition) is 1. The Morgan fingerprint density at radius 2 is 2.29 bits per heavy atom. The average molecular weight is 107 g/mol. The van der Waals surface area contributed by atoms with E-state index in [9.17, 15) is 0 Å². The first-order valence-electron chi connectivity index (χ1n) is 1.52. The van der Waals surface area contributed by atoms with Crippen LogP contribution >= 0.6 is 0 Å². The normalized spacial score (nSPS) is 8.86. The molecule has 3 heteroatoms. The molecule has 0 aromatic carbocycles. The van der Waals surface area contributed by atoms with E-state index in [1.807, 2.05) is 0 Å². The van der Waals surface area contributed by atoms with Crippen molar-refractivity contribution in [2.75, 3.05) is 0 Å². The van der Waals surface area contributed by atoms with Crippen molar-refractivity contribution in [3.05, 3.63) is 11.8 Å². The second kappa shape index (κ2) is 6.03. The van der Waals surface area contributed by atoms with Crippen molar-refractivity contribution in [3.63, 3.8) is 0 Å². The van der Waals surface area contributed by atoms with Gasteiger partial charge in [0.1, 0.15) is 0 Å². The van der Waals surface area contributed by atoms with Gasteiger partial charge in [-0.1, -0.05) is 0 Å². The maximum absolute atomic E-state index is 8.19. The third kappa shape index (κ3) is 10.7. The molecule has 0 fully saturated rings. The number of hydrogen-bond acceptors (Lipinski definition) is 2. The van der Waals surface area contributed by atoms with Crippen LogP contribution in [-0.2, 0) is 0 Å². The monoisotopic (exact) mass is 107 g/mol. The molecular weight excluding hydrogens is 101 g/mol. The number of aliphatic hydroxyl groups excluding tert-OH is 1. The number of rotatable bonds is 0. The zero-order chi connectivity index (χ0) is 4.99. The minimum atomic E-state index is 0. The van der Waals surface area contributed by atoms with Crippen LogP contribution in [0.4, 0.5) is 0 Å². The molecule has 0 aromatic heterocycles. The Morgan fingerprint density at radius 1 is 1.86 bits per heavy atom. The molecule has 0 aliphatic rings. The SMILES string of the molecule is C/C(O)=C\C#N.[NaH]. The van der Waals surface area contributed by atoms with Crippen LogP contribution in [0, 0.1) is 11.3 Å². The Bertz CT molecular complexity index is 98.7. The molecule has 0 bridgehead atoms. The van der Waals surface area contributed by atoms with Gasteiger partial charge in [-0.25, -0.2) is 0 Å². The first kappa shape index (κ1) is 10.1. The predicted molar refractivity (Wildman–Crippen MR) is 29.1 cm³/mol. The van der Waals surface area contributed by atoms with Crippen molar-refractivity contribution in [3.8, 4) is 6.07 Å². The number of aliphatic hydroxyl groups is 1. The molecule has 0 saturated heterocycles. The van der Waals surface area contributed by atoms with Crippen LogP contribution in [0.5, 0.6) is 0 Å². The van der Waals surface area contributed by atoms with E-state index in [4.69, 9.17) is 10.4 Å². The predicted octanol–water partition coefficient (Wildman–Crippen LogP) is 0.323. The van der Waals surface area contributed by atoms with Gasteiger partial charge in [-0.2, -0.15) is 5.26 Å². The molecular formula is C4H6NNaO. The van der Waals surface area contributed by atoms with Gasteiger partial charge in [0, 0.05) is 0 Å². The van der Waals surface area contributed by atoms with E-state index < -0.39 is 0 Å². The van der Waals surface area contributed by atoms with Crippen LogP contribution in [0.25, 0.3) is 0 Å². The standard InChI is InChI=1S/C4H5NO.Na.H/c1-4(6)2-3-5;;/h2,6H,1H3;;/b4-2+;;. The molecule has 0 heterocycles. The topological polar surface area (TPSA) is 44.0 Å². The Kier molecular flexibility index (Phi) is 8.70. The van der Waals surface area contributed by atoms with Crippen molar-refractivity contribution in [1.29, 1.82) is 5.26 Å². The van der Waals surface area contributed by atoms with Gasteiger partial charge in [0.05, 0.1) is 17.9 Å². The first-order chi connectivity index (χ1) is 2.77. The van der Waals surface area contributed by atoms with Gasteiger partial charge in [-0.05, 0) is 6.92 Å². The fourth-order valence-corrected chi connectivity index (χ4v) is 0.0934. The second-order valence-corrected chi connectivity index (χ2v) is 0.915. The van der Waals surface area contributed by atoms with Crippen LogP contribution in [-0.4, -0.2) is 34.7 Å². The zero-order valence-electron chi connectivity index (χ0n) is 3.47. The summed E-state index contributed by atoms with van der Waals surface area (Å²) in [6, 6.07) is 1.66. The van der Waals surface area contributed by atoms with E-state index in [0.29, 0.717) is 0 Å². The summed E-state index contributed by atoms with van der Waals surface area (Å²) in [4.78, 5) is 0. The molecule has 0 spiro atoms. The van der Waals surface area contributed by atoms with Crippen LogP contribution in [0.15, 0.2) is 11.8 Å². The maximum atomic E-state index is 8.19. The molecule has 34 valence electrons. The Hall–Kier alpha value is 0.0300. The van der Waals surface area contributed by atoms with E-state index >= 15 is 0 Å². The molecule has 0 radical (unpaired) electrons. The van der Waals surface area contributed by atoms with E-state index in [1.165, 1.54) is 6.92 Å². The van der Waals surface area contributed by atoms with Crippen molar-refractivity contribution in [2.45, 2.75) is 6.92 Å². The molecule has 0 aromatic rings. The van der Waals surface area contributed by atoms with Gasteiger partial charge < -0.3 is 5.11 Å². The third-order valence-corrected chi connectivity index (χ3v) is 0.273. The first-order valence-corrected chi connectivity index (χ1v) is 1.52. The fraction of sp³-hybridized carbons (Fsp3) is 0.250. The van der Waals surface area contributed by atoms with Crippen LogP contribution in [0.1, 0.15) is 6.92 Å². The van der Waals surface area contributed by atoms with Crippen molar-refractivity contribution in [2.24, 2.45) is 0 Å². The van der Waals surface area contributed by atoms with Gasteiger partial charge in [-0.3, -0.25) is 0 Å². The second-order valence-electron chi connectivity index (χ2n) is 0.915. The summed E-state index contributed by atoms with van der Waals surface area (Å²) in [5.74, 6) is 0.0532. The summed E-state index contributed by atoms with van der Waals surface area (Å²) >= 11 is 0. The van der Waals surface area contributed by atoms with Crippen LogP contribution in [0.2, 0.25) is 0 Å². The molecule has 2 nitrogen and oxygen atoms in total. The zero-order valence-corrected chi connectivity index (χ0v) is 3.47. The van der Waals surface area contributed by atoms with Gasteiger partial charge in [0.25, 0.3) is 0 Å². The molecule has 0 aliphatic carbocycles. The number of allylic oxidation sites excluding steroid dienone is 2. The molecule has 0 aliphatic heterocycles. The average Bonchev–Trinajstić information content (AvgIpc) is 1.35. The van der Waals surface area contributed by atoms with E-state index in [-0.39, 0.29) is 35.3 Å². The summed E-state index contributed by atoms with van der Waals surface area (Å²) in [6.07, 6.45) is 1.07. The van der Waals surface area contributed by atoms with Crippen molar-refractivity contribution < 1.29 is 5.11 Å². The molecule has 0 atom stereocenters. The molecule has 0 unspecified atom stereocenters. The Morgan fingerprint density at radius 3 is 2.29 bits per heavy atom. The number of nitriles is 1. The molecule has 1 N–H and O–H groups in total. The van der Waals surface area contributed by atoms with Gasteiger partial charge in [0.15, 0.2) is 0 Å². The van der Waals surface area contributed by atoms with Crippen LogP contribution < -0.4 is 0 Å². The van der Waals surface area contributed by atoms with Gasteiger partial charge in [-0.15, -0.1) is 0 Å². The third-order valence-electron chi connectivity index (χ3n) is 0.273.